The van der Waals surface area contributed by atoms with Gasteiger partial charge in [0, 0.05) is 5.41 Å². The highest BCUT2D eigenvalue weighted by Gasteiger charge is 2.57. The number of nitrogens with one attached hydrogen (secondary N) is 1. The van der Waals surface area contributed by atoms with Crippen LogP contribution in [-0.4, -0.2) is 18.1 Å². The number of nitrogens with zero attached hydrogens (tertiary/aromatic N) is 1. The fourth-order valence-electron chi connectivity index (χ4n) is 3.04. The smallest absolute Gasteiger partial charge is 0.100 e. The van der Waals surface area contributed by atoms with Crippen LogP contribution in [0, 0.1) is 11.8 Å². The zero-order chi connectivity index (χ0) is 11.5. The second-order valence-corrected chi connectivity index (χ2v) is 6.66. The molecule has 1 aliphatic heterocycles. The highest BCUT2D eigenvalue weighted by Crippen LogP contribution is 2.59. The minimum absolute atomic E-state index is 0.371. The third-order valence-corrected chi connectivity index (χ3v) is 5.78. The molecular formula is C14H16N2S. The van der Waals surface area contributed by atoms with Crippen LogP contribution in [0.4, 0.5) is 0 Å². The lowest BCUT2D eigenvalue weighted by molar-refractivity contribution is 0.291. The average molecular weight is 244 g/mol. The lowest BCUT2D eigenvalue weighted by Crippen LogP contribution is -2.44. The summed E-state index contributed by atoms with van der Waals surface area (Å²) in [7, 11) is 0. The largest absolute Gasteiger partial charge is 0.316 e. The van der Waals surface area contributed by atoms with Gasteiger partial charge in [0.25, 0.3) is 0 Å². The number of rotatable bonds is 2. The molecule has 1 aromatic heterocycles. The first-order valence-electron chi connectivity index (χ1n) is 6.34. The van der Waals surface area contributed by atoms with E-state index >= 15 is 0 Å². The van der Waals surface area contributed by atoms with Crippen molar-refractivity contribution < 1.29 is 0 Å². The van der Waals surface area contributed by atoms with Crippen LogP contribution >= 0.6 is 11.3 Å². The maximum Gasteiger partial charge on any atom is 0.100 e. The summed E-state index contributed by atoms with van der Waals surface area (Å²) in [4.78, 5) is 4.84. The molecule has 1 saturated heterocycles. The summed E-state index contributed by atoms with van der Waals surface area (Å²) in [5.74, 6) is 1.76. The van der Waals surface area contributed by atoms with Crippen LogP contribution in [0.3, 0.4) is 0 Å². The number of para-hydroxylation sites is 1. The normalized spacial score (nSPS) is 32.6. The molecule has 0 bridgehead atoms. The van der Waals surface area contributed by atoms with E-state index in [0.29, 0.717) is 5.41 Å². The van der Waals surface area contributed by atoms with Gasteiger partial charge in [-0.1, -0.05) is 19.1 Å². The SMILES string of the molecule is CC1(c2nc3ccccc3s2)CC1C1CNC1. The van der Waals surface area contributed by atoms with Gasteiger partial charge in [0.2, 0.25) is 0 Å². The van der Waals surface area contributed by atoms with Gasteiger partial charge < -0.3 is 5.32 Å². The molecule has 2 aromatic rings. The van der Waals surface area contributed by atoms with Crippen molar-refractivity contribution in [2.75, 3.05) is 13.1 Å². The van der Waals surface area contributed by atoms with Crippen molar-refractivity contribution in [2.24, 2.45) is 11.8 Å². The summed E-state index contributed by atoms with van der Waals surface area (Å²) in [6.45, 7) is 4.82. The average Bonchev–Trinajstić information content (AvgIpc) is 2.76. The third-order valence-electron chi connectivity index (χ3n) is 4.47. The highest BCUT2D eigenvalue weighted by molar-refractivity contribution is 7.18. The van der Waals surface area contributed by atoms with Gasteiger partial charge in [0.15, 0.2) is 0 Å². The van der Waals surface area contributed by atoms with E-state index in [1.807, 2.05) is 11.3 Å². The van der Waals surface area contributed by atoms with Crippen molar-refractivity contribution in [1.82, 2.24) is 10.3 Å². The van der Waals surface area contributed by atoms with Crippen molar-refractivity contribution in [3.05, 3.63) is 29.3 Å². The molecule has 88 valence electrons. The van der Waals surface area contributed by atoms with E-state index in [0.717, 1.165) is 11.8 Å². The van der Waals surface area contributed by atoms with Gasteiger partial charge in [0.05, 0.1) is 10.2 Å². The number of thiazole rings is 1. The van der Waals surface area contributed by atoms with E-state index in [9.17, 15) is 0 Å². The monoisotopic (exact) mass is 244 g/mol. The molecule has 1 saturated carbocycles. The van der Waals surface area contributed by atoms with Crippen molar-refractivity contribution in [3.8, 4) is 0 Å². The van der Waals surface area contributed by atoms with Crippen LogP contribution in [0.1, 0.15) is 18.4 Å². The molecule has 0 amide bonds. The van der Waals surface area contributed by atoms with Crippen molar-refractivity contribution in [2.45, 2.75) is 18.8 Å². The second-order valence-electron chi connectivity index (χ2n) is 5.63. The van der Waals surface area contributed by atoms with Gasteiger partial charge >= 0.3 is 0 Å². The van der Waals surface area contributed by atoms with Gasteiger partial charge in [-0.25, -0.2) is 4.98 Å². The number of aromatic nitrogens is 1. The Morgan fingerprint density at radius 3 is 2.88 bits per heavy atom. The van der Waals surface area contributed by atoms with Crippen molar-refractivity contribution in [1.29, 1.82) is 0 Å². The molecule has 0 radical (unpaired) electrons. The molecule has 3 heteroatoms. The van der Waals surface area contributed by atoms with E-state index in [2.05, 4.69) is 36.5 Å². The fourth-order valence-corrected chi connectivity index (χ4v) is 4.23. The molecule has 2 unspecified atom stereocenters. The second kappa shape index (κ2) is 3.30. The Hall–Kier alpha value is -0.930. The summed E-state index contributed by atoms with van der Waals surface area (Å²) in [6, 6.07) is 8.49. The molecule has 0 spiro atoms. The zero-order valence-electron chi connectivity index (χ0n) is 9.94. The van der Waals surface area contributed by atoms with Crippen molar-refractivity contribution >= 4 is 21.6 Å². The van der Waals surface area contributed by atoms with Crippen LogP contribution in [0.5, 0.6) is 0 Å². The predicted molar refractivity (Wildman–Crippen MR) is 71.4 cm³/mol. The molecule has 4 rings (SSSR count). The number of hydrogen-bond acceptors (Lipinski definition) is 3. The molecule has 2 heterocycles. The lowest BCUT2D eigenvalue weighted by atomic mass is 9.92. The molecule has 1 N–H and O–H groups in total. The summed E-state index contributed by atoms with van der Waals surface area (Å²) in [6.07, 6.45) is 1.33. The topological polar surface area (TPSA) is 24.9 Å². The maximum atomic E-state index is 4.84. The van der Waals surface area contributed by atoms with Crippen LogP contribution in [0.15, 0.2) is 24.3 Å². The predicted octanol–water partition coefficient (Wildman–Crippen LogP) is 2.79. The Bertz CT molecular complexity index is 539. The quantitative estimate of drug-likeness (QED) is 0.878. The first kappa shape index (κ1) is 10.0. The molecular weight excluding hydrogens is 228 g/mol. The zero-order valence-corrected chi connectivity index (χ0v) is 10.8. The van der Waals surface area contributed by atoms with Gasteiger partial charge in [-0.3, -0.25) is 0 Å². The molecule has 1 aromatic carbocycles. The molecule has 2 atom stereocenters. The Kier molecular flexibility index (Phi) is 1.95. The van der Waals surface area contributed by atoms with Crippen LogP contribution in [0.2, 0.25) is 0 Å². The Morgan fingerprint density at radius 2 is 2.18 bits per heavy atom. The summed E-state index contributed by atoms with van der Waals surface area (Å²) in [5.41, 5.74) is 1.54. The minimum Gasteiger partial charge on any atom is -0.316 e. The lowest BCUT2D eigenvalue weighted by Gasteiger charge is -2.28. The maximum absolute atomic E-state index is 4.84. The van der Waals surface area contributed by atoms with E-state index in [4.69, 9.17) is 4.98 Å². The van der Waals surface area contributed by atoms with E-state index in [1.54, 1.807) is 0 Å². The standard InChI is InChI=1S/C14H16N2S/c1-14(6-10(14)9-7-15-8-9)13-16-11-4-2-3-5-12(11)17-13/h2-5,9-10,15H,6-8H2,1H3. The van der Waals surface area contributed by atoms with Gasteiger partial charge in [-0.05, 0) is 43.5 Å². The van der Waals surface area contributed by atoms with E-state index in [1.165, 1.54) is 34.7 Å². The van der Waals surface area contributed by atoms with E-state index < -0.39 is 0 Å². The van der Waals surface area contributed by atoms with Crippen LogP contribution in [-0.2, 0) is 5.41 Å². The number of benzene rings is 1. The molecule has 2 aliphatic rings. The molecule has 1 aliphatic carbocycles. The summed E-state index contributed by atoms with van der Waals surface area (Å²) in [5, 5.41) is 4.74. The third kappa shape index (κ3) is 1.39. The summed E-state index contributed by atoms with van der Waals surface area (Å²) < 4.78 is 1.33. The van der Waals surface area contributed by atoms with Crippen molar-refractivity contribution in [3.63, 3.8) is 0 Å². The number of fused-ring (bicyclic) bond motifs is 1. The molecule has 2 nitrogen and oxygen atoms in total. The fraction of sp³-hybridized carbons (Fsp3) is 0.500. The highest BCUT2D eigenvalue weighted by atomic mass is 32.1. The van der Waals surface area contributed by atoms with E-state index in [-0.39, 0.29) is 0 Å². The molecule has 17 heavy (non-hydrogen) atoms. The van der Waals surface area contributed by atoms with Gasteiger partial charge in [-0.2, -0.15) is 0 Å². The minimum atomic E-state index is 0.371. The molecule has 2 fully saturated rings. The van der Waals surface area contributed by atoms with Crippen LogP contribution < -0.4 is 5.32 Å². The number of hydrogen-bond donors (Lipinski definition) is 1. The Morgan fingerprint density at radius 1 is 1.35 bits per heavy atom. The Balaban J connectivity index is 1.70. The first-order valence-corrected chi connectivity index (χ1v) is 7.16. The van der Waals surface area contributed by atoms with Crippen LogP contribution in [0.25, 0.3) is 10.2 Å². The Labute approximate surface area is 105 Å². The summed E-state index contributed by atoms with van der Waals surface area (Å²) >= 11 is 1.89. The van der Waals surface area contributed by atoms with Gasteiger partial charge in [0.1, 0.15) is 5.01 Å². The first-order chi connectivity index (χ1) is 8.27. The van der Waals surface area contributed by atoms with Gasteiger partial charge in [-0.15, -0.1) is 11.3 Å².